The van der Waals surface area contributed by atoms with Gasteiger partial charge in [0.25, 0.3) is 11.7 Å². The lowest BCUT2D eigenvalue weighted by Gasteiger charge is -2.25. The highest BCUT2D eigenvalue weighted by Gasteiger charge is 2.46. The van der Waals surface area contributed by atoms with Crippen LogP contribution in [0.15, 0.2) is 42.0 Å². The normalized spacial score (nSPS) is 17.6. The van der Waals surface area contributed by atoms with E-state index in [0.717, 1.165) is 12.0 Å². The van der Waals surface area contributed by atoms with Crippen LogP contribution in [0.25, 0.3) is 5.76 Å². The van der Waals surface area contributed by atoms with Gasteiger partial charge in [-0.3, -0.25) is 9.59 Å². The predicted octanol–water partition coefficient (Wildman–Crippen LogP) is 4.72. The molecule has 33 heavy (non-hydrogen) atoms. The third-order valence-electron chi connectivity index (χ3n) is 5.62. The Balaban J connectivity index is 2.14. The van der Waals surface area contributed by atoms with Crippen molar-refractivity contribution in [2.75, 3.05) is 13.7 Å². The van der Waals surface area contributed by atoms with E-state index in [2.05, 4.69) is 0 Å². The van der Waals surface area contributed by atoms with Crippen molar-refractivity contribution >= 4 is 17.4 Å². The molecular weight excluding hydrogens is 422 g/mol. The quantitative estimate of drug-likeness (QED) is 0.341. The lowest BCUT2D eigenvalue weighted by Crippen LogP contribution is -2.30. The molecule has 1 heterocycles. The van der Waals surface area contributed by atoms with Gasteiger partial charge in [0, 0.05) is 12.1 Å². The Hall–Kier alpha value is -3.48. The summed E-state index contributed by atoms with van der Waals surface area (Å²) in [5.41, 5.74) is 1.73. The highest BCUT2D eigenvalue weighted by atomic mass is 16.5. The number of nitrogens with zero attached hydrogens (tertiary/aromatic N) is 1. The Kier molecular flexibility index (Phi) is 7.31. The smallest absolute Gasteiger partial charge is 0.295 e. The van der Waals surface area contributed by atoms with Crippen molar-refractivity contribution in [2.24, 2.45) is 0 Å². The number of phenols is 1. The lowest BCUT2D eigenvalue weighted by atomic mass is 9.94. The van der Waals surface area contributed by atoms with Crippen LogP contribution in [0.2, 0.25) is 0 Å². The van der Waals surface area contributed by atoms with Crippen LogP contribution in [0.3, 0.4) is 0 Å². The number of rotatable bonds is 8. The summed E-state index contributed by atoms with van der Waals surface area (Å²) in [6.45, 7) is 8.06. The largest absolute Gasteiger partial charge is 0.507 e. The molecule has 0 aromatic heterocycles. The Labute approximate surface area is 194 Å². The summed E-state index contributed by atoms with van der Waals surface area (Å²) in [6.07, 6.45) is 1.53. The highest BCUT2D eigenvalue weighted by molar-refractivity contribution is 6.46. The van der Waals surface area contributed by atoms with Crippen molar-refractivity contribution in [3.63, 3.8) is 0 Å². The van der Waals surface area contributed by atoms with Crippen LogP contribution in [0.1, 0.15) is 56.3 Å². The average molecular weight is 454 g/mol. The van der Waals surface area contributed by atoms with E-state index in [-0.39, 0.29) is 28.9 Å². The molecule has 2 N–H and O–H groups in total. The molecule has 1 unspecified atom stereocenters. The average Bonchev–Trinajstić information content (AvgIpc) is 3.03. The minimum absolute atomic E-state index is 0.00222. The number of hydrogen-bond acceptors (Lipinski definition) is 6. The molecule has 0 spiro atoms. The summed E-state index contributed by atoms with van der Waals surface area (Å²) in [6, 6.07) is 9.05. The van der Waals surface area contributed by atoms with Crippen molar-refractivity contribution in [3.8, 4) is 17.2 Å². The van der Waals surface area contributed by atoms with Gasteiger partial charge < -0.3 is 24.6 Å². The second-order valence-electron chi connectivity index (χ2n) is 8.42. The fourth-order valence-corrected chi connectivity index (χ4v) is 4.00. The number of likely N-dealkylation sites (tertiary alicyclic amines) is 1. The number of amides is 1. The molecule has 3 rings (SSSR count). The monoisotopic (exact) mass is 453 g/mol. The van der Waals surface area contributed by atoms with Gasteiger partial charge in [-0.1, -0.05) is 19.4 Å². The molecule has 2 aromatic carbocycles. The number of Topliss-reactive ketones (excluding diaryl/α,β-unsaturated/α-hetero) is 1. The first-order chi connectivity index (χ1) is 15.7. The fraction of sp³-hybridized carbons (Fsp3) is 0.385. The summed E-state index contributed by atoms with van der Waals surface area (Å²) < 4.78 is 10.9. The second-order valence-corrected chi connectivity index (χ2v) is 8.42. The van der Waals surface area contributed by atoms with Crippen LogP contribution in [0, 0.1) is 6.92 Å². The molecule has 1 aliphatic heterocycles. The van der Waals surface area contributed by atoms with E-state index in [1.165, 1.54) is 18.1 Å². The van der Waals surface area contributed by atoms with Gasteiger partial charge in [-0.2, -0.15) is 0 Å². The summed E-state index contributed by atoms with van der Waals surface area (Å²) in [4.78, 5) is 27.4. The molecule has 7 nitrogen and oxygen atoms in total. The van der Waals surface area contributed by atoms with E-state index in [1.54, 1.807) is 30.3 Å². The molecule has 7 heteroatoms. The van der Waals surface area contributed by atoms with E-state index in [1.807, 2.05) is 27.7 Å². The number of benzene rings is 2. The lowest BCUT2D eigenvalue weighted by molar-refractivity contribution is -0.139. The van der Waals surface area contributed by atoms with Gasteiger partial charge in [0.1, 0.15) is 11.5 Å². The van der Waals surface area contributed by atoms with Crippen LogP contribution < -0.4 is 9.47 Å². The van der Waals surface area contributed by atoms with Crippen LogP contribution in [-0.4, -0.2) is 46.6 Å². The zero-order chi connectivity index (χ0) is 24.3. The van der Waals surface area contributed by atoms with Gasteiger partial charge in [0.05, 0.1) is 24.8 Å². The maximum Gasteiger partial charge on any atom is 0.295 e. The van der Waals surface area contributed by atoms with Crippen molar-refractivity contribution in [1.82, 2.24) is 4.90 Å². The van der Waals surface area contributed by atoms with Crippen molar-refractivity contribution in [2.45, 2.75) is 52.7 Å². The zero-order valence-corrected chi connectivity index (χ0v) is 19.7. The van der Waals surface area contributed by atoms with Gasteiger partial charge in [-0.05, 0) is 68.7 Å². The summed E-state index contributed by atoms with van der Waals surface area (Å²) in [7, 11) is 1.44. The minimum Gasteiger partial charge on any atom is -0.507 e. The van der Waals surface area contributed by atoms with Gasteiger partial charge in [0.2, 0.25) is 0 Å². The SMILES string of the molecule is CCCCN1C(=O)C(=O)/C(=C(\O)c2ccc(OC(C)C)c(C)c2)C1c1ccc(OC)c(O)c1. The predicted molar refractivity (Wildman–Crippen MR) is 126 cm³/mol. The molecule has 1 amide bonds. The van der Waals surface area contributed by atoms with Crippen molar-refractivity contribution in [1.29, 1.82) is 0 Å². The maximum atomic E-state index is 13.1. The third kappa shape index (κ3) is 4.82. The van der Waals surface area contributed by atoms with Crippen molar-refractivity contribution < 1.29 is 29.3 Å². The molecule has 0 aliphatic carbocycles. The Morgan fingerprint density at radius 2 is 1.82 bits per heavy atom. The zero-order valence-electron chi connectivity index (χ0n) is 19.7. The van der Waals surface area contributed by atoms with E-state index in [9.17, 15) is 19.8 Å². The number of unbranched alkanes of at least 4 members (excludes halogenated alkanes) is 1. The fourth-order valence-electron chi connectivity index (χ4n) is 4.00. The number of ketones is 1. The molecule has 1 fully saturated rings. The molecule has 0 radical (unpaired) electrons. The first kappa shape index (κ1) is 24.2. The standard InChI is InChI=1S/C26H31NO6/c1-6-7-12-27-23(17-8-11-21(32-5)19(28)14-17)22(25(30)26(27)31)24(29)18-9-10-20(16(4)13-18)33-15(2)3/h8-11,13-15,23,28-29H,6-7,12H2,1-5H3/b24-22-. The molecular formula is C26H31NO6. The van der Waals surface area contributed by atoms with Gasteiger partial charge >= 0.3 is 0 Å². The molecule has 1 aliphatic rings. The van der Waals surface area contributed by atoms with E-state index >= 15 is 0 Å². The first-order valence-corrected chi connectivity index (χ1v) is 11.1. The van der Waals surface area contributed by atoms with Crippen LogP contribution in [-0.2, 0) is 9.59 Å². The van der Waals surface area contributed by atoms with Crippen LogP contribution in [0.4, 0.5) is 0 Å². The van der Waals surface area contributed by atoms with Gasteiger partial charge in [-0.25, -0.2) is 0 Å². The van der Waals surface area contributed by atoms with E-state index < -0.39 is 17.7 Å². The number of carbonyl (C=O) groups is 2. The summed E-state index contributed by atoms with van der Waals surface area (Å²) in [5, 5.41) is 21.5. The summed E-state index contributed by atoms with van der Waals surface area (Å²) in [5.74, 6) is -0.818. The number of ether oxygens (including phenoxy) is 2. The first-order valence-electron chi connectivity index (χ1n) is 11.1. The van der Waals surface area contributed by atoms with Gasteiger partial charge in [0.15, 0.2) is 11.5 Å². The number of aliphatic hydroxyl groups is 1. The topological polar surface area (TPSA) is 96.3 Å². The van der Waals surface area contributed by atoms with Gasteiger partial charge in [-0.15, -0.1) is 0 Å². The summed E-state index contributed by atoms with van der Waals surface area (Å²) >= 11 is 0. The minimum atomic E-state index is -0.819. The van der Waals surface area contributed by atoms with Crippen molar-refractivity contribution in [3.05, 3.63) is 58.7 Å². The highest BCUT2D eigenvalue weighted by Crippen LogP contribution is 2.42. The number of phenolic OH excluding ortho intramolecular Hbond substituents is 1. The number of methoxy groups -OCH3 is 1. The number of hydrogen-bond donors (Lipinski definition) is 2. The van der Waals surface area contributed by atoms with E-state index in [0.29, 0.717) is 29.8 Å². The molecule has 2 aromatic rings. The number of aryl methyl sites for hydroxylation is 1. The van der Waals surface area contributed by atoms with Crippen LogP contribution >= 0.6 is 0 Å². The second kappa shape index (κ2) is 9.98. The maximum absolute atomic E-state index is 13.1. The molecule has 1 atom stereocenters. The Morgan fingerprint density at radius 3 is 2.39 bits per heavy atom. The van der Waals surface area contributed by atoms with E-state index in [4.69, 9.17) is 9.47 Å². The van der Waals surface area contributed by atoms with Crippen LogP contribution in [0.5, 0.6) is 17.2 Å². The Bertz CT molecular complexity index is 1090. The molecule has 0 bridgehead atoms. The molecule has 0 saturated carbocycles. The molecule has 1 saturated heterocycles. The molecule has 176 valence electrons. The number of carbonyl (C=O) groups excluding carboxylic acids is 2. The third-order valence-corrected chi connectivity index (χ3v) is 5.62. The Morgan fingerprint density at radius 1 is 1.12 bits per heavy atom. The number of aromatic hydroxyl groups is 1. The number of aliphatic hydroxyl groups excluding tert-OH is 1.